The minimum absolute atomic E-state index is 0. The van der Waals surface area contributed by atoms with E-state index in [0.717, 1.165) is 10.0 Å². The van der Waals surface area contributed by atoms with E-state index in [2.05, 4.69) is 15.9 Å². The number of benzene rings is 1. The van der Waals surface area contributed by atoms with E-state index in [1.54, 1.807) is 19.1 Å². The summed E-state index contributed by atoms with van der Waals surface area (Å²) in [5.74, 6) is 0. The summed E-state index contributed by atoms with van der Waals surface area (Å²) in [5.41, 5.74) is 6.59. The summed E-state index contributed by atoms with van der Waals surface area (Å²) in [6.45, 7) is 1.65. The Labute approximate surface area is 103 Å². The van der Waals surface area contributed by atoms with Gasteiger partial charge in [-0.15, -0.1) is 12.4 Å². The Kier molecular flexibility index (Phi) is 6.02. The Hall–Kier alpha value is 0.200. The molecule has 14 heavy (non-hydrogen) atoms. The first-order chi connectivity index (χ1) is 6.02. The average molecular weight is 301 g/mol. The quantitative estimate of drug-likeness (QED) is 0.882. The van der Waals surface area contributed by atoms with Gasteiger partial charge in [0, 0.05) is 9.50 Å². The Morgan fingerprint density at radius 3 is 2.57 bits per heavy atom. The zero-order valence-corrected chi connectivity index (χ0v) is 10.7. The fraction of sp³-hybridized carbons (Fsp3) is 0.333. The van der Waals surface area contributed by atoms with Gasteiger partial charge in [-0.05, 0) is 30.7 Å². The van der Waals surface area contributed by atoms with Gasteiger partial charge < -0.3 is 10.8 Å². The van der Waals surface area contributed by atoms with Crippen molar-refractivity contribution in [1.29, 1.82) is 0 Å². The van der Waals surface area contributed by atoms with Crippen LogP contribution in [0.15, 0.2) is 22.7 Å². The maximum atomic E-state index is 9.30. The second-order valence-electron chi connectivity index (χ2n) is 2.93. The van der Waals surface area contributed by atoms with Crippen LogP contribution in [0.1, 0.15) is 18.5 Å². The maximum absolute atomic E-state index is 9.30. The third-order valence-electron chi connectivity index (χ3n) is 1.84. The normalized spacial score (nSPS) is 14.4. The molecule has 1 rings (SSSR count). The van der Waals surface area contributed by atoms with E-state index in [4.69, 9.17) is 17.3 Å². The number of aliphatic hydroxyl groups is 1. The molecule has 1 aromatic rings. The summed E-state index contributed by atoms with van der Waals surface area (Å²) in [7, 11) is 0. The number of halogens is 3. The minimum Gasteiger partial charge on any atom is -0.391 e. The smallest absolute Gasteiger partial charge is 0.0705 e. The Morgan fingerprint density at radius 2 is 2.07 bits per heavy atom. The fourth-order valence-electron chi connectivity index (χ4n) is 1.03. The molecule has 80 valence electrons. The summed E-state index contributed by atoms with van der Waals surface area (Å²) in [5, 5.41) is 9.92. The lowest BCUT2D eigenvalue weighted by Gasteiger charge is -2.16. The molecule has 0 unspecified atom stereocenters. The maximum Gasteiger partial charge on any atom is 0.0705 e. The van der Waals surface area contributed by atoms with Crippen LogP contribution < -0.4 is 5.73 Å². The molecule has 2 atom stereocenters. The first-order valence-electron chi connectivity index (χ1n) is 3.91. The van der Waals surface area contributed by atoms with Crippen LogP contribution in [0.25, 0.3) is 0 Å². The molecule has 0 fully saturated rings. The molecule has 0 aliphatic carbocycles. The molecule has 0 aliphatic rings. The predicted octanol–water partition coefficient (Wildman–Crippen LogP) is 2.90. The van der Waals surface area contributed by atoms with Crippen LogP contribution >= 0.6 is 39.9 Å². The van der Waals surface area contributed by atoms with E-state index < -0.39 is 12.1 Å². The van der Waals surface area contributed by atoms with Crippen molar-refractivity contribution < 1.29 is 5.11 Å². The third-order valence-corrected chi connectivity index (χ3v) is 2.79. The van der Waals surface area contributed by atoms with Crippen molar-refractivity contribution in [3.05, 3.63) is 33.3 Å². The number of hydrogen-bond acceptors (Lipinski definition) is 2. The SMILES string of the molecule is C[C@@H](O)[C@@H](N)c1cc(Cl)ccc1Br.Cl. The Morgan fingerprint density at radius 1 is 1.50 bits per heavy atom. The lowest BCUT2D eigenvalue weighted by Crippen LogP contribution is -2.23. The van der Waals surface area contributed by atoms with Crippen LogP contribution in [0.5, 0.6) is 0 Å². The van der Waals surface area contributed by atoms with E-state index in [1.807, 2.05) is 6.07 Å². The monoisotopic (exact) mass is 299 g/mol. The summed E-state index contributed by atoms with van der Waals surface area (Å²) in [6.07, 6.45) is -0.588. The summed E-state index contributed by atoms with van der Waals surface area (Å²) >= 11 is 9.16. The molecule has 5 heteroatoms. The number of hydrogen-bond donors (Lipinski definition) is 2. The molecule has 0 amide bonds. The molecule has 0 spiro atoms. The van der Waals surface area contributed by atoms with E-state index in [-0.39, 0.29) is 12.4 Å². The zero-order valence-electron chi connectivity index (χ0n) is 7.58. The Bertz CT molecular complexity index is 307. The van der Waals surface area contributed by atoms with Gasteiger partial charge in [-0.1, -0.05) is 27.5 Å². The van der Waals surface area contributed by atoms with Crippen LogP contribution in [-0.4, -0.2) is 11.2 Å². The summed E-state index contributed by atoms with van der Waals surface area (Å²) in [4.78, 5) is 0. The average Bonchev–Trinajstić information content (AvgIpc) is 2.08. The van der Waals surface area contributed by atoms with Gasteiger partial charge in [0.25, 0.3) is 0 Å². The summed E-state index contributed by atoms with van der Waals surface area (Å²) < 4.78 is 0.866. The molecular formula is C9H12BrCl2NO. The fourth-order valence-corrected chi connectivity index (χ4v) is 1.72. The molecule has 0 heterocycles. The van der Waals surface area contributed by atoms with Gasteiger partial charge in [-0.2, -0.15) is 0 Å². The van der Waals surface area contributed by atoms with Gasteiger partial charge >= 0.3 is 0 Å². The topological polar surface area (TPSA) is 46.2 Å². The number of aliphatic hydroxyl groups excluding tert-OH is 1. The highest BCUT2D eigenvalue weighted by atomic mass is 79.9. The second kappa shape index (κ2) is 5.93. The first-order valence-corrected chi connectivity index (χ1v) is 5.08. The van der Waals surface area contributed by atoms with Crippen LogP contribution in [-0.2, 0) is 0 Å². The van der Waals surface area contributed by atoms with Gasteiger partial charge in [0.1, 0.15) is 0 Å². The van der Waals surface area contributed by atoms with Gasteiger partial charge in [-0.3, -0.25) is 0 Å². The van der Waals surface area contributed by atoms with Crippen LogP contribution in [0.2, 0.25) is 5.02 Å². The van der Waals surface area contributed by atoms with Crippen molar-refractivity contribution in [2.45, 2.75) is 19.1 Å². The van der Waals surface area contributed by atoms with Crippen molar-refractivity contribution in [3.8, 4) is 0 Å². The molecule has 1 aromatic carbocycles. The summed E-state index contributed by atoms with van der Waals surface area (Å²) in [6, 6.07) is 4.93. The number of rotatable bonds is 2. The van der Waals surface area contributed by atoms with Crippen LogP contribution in [0.3, 0.4) is 0 Å². The lowest BCUT2D eigenvalue weighted by molar-refractivity contribution is 0.164. The van der Waals surface area contributed by atoms with Crippen molar-refractivity contribution in [1.82, 2.24) is 0 Å². The molecule has 3 N–H and O–H groups in total. The Balaban J connectivity index is 0.00000169. The van der Waals surface area contributed by atoms with Gasteiger partial charge in [0.2, 0.25) is 0 Å². The molecule has 0 saturated heterocycles. The highest BCUT2D eigenvalue weighted by molar-refractivity contribution is 9.10. The van der Waals surface area contributed by atoms with Gasteiger partial charge in [0.15, 0.2) is 0 Å². The molecule has 0 bridgehead atoms. The van der Waals surface area contributed by atoms with Crippen molar-refractivity contribution in [2.24, 2.45) is 5.73 Å². The lowest BCUT2D eigenvalue weighted by atomic mass is 10.0. The number of nitrogens with two attached hydrogens (primary N) is 1. The van der Waals surface area contributed by atoms with E-state index >= 15 is 0 Å². The van der Waals surface area contributed by atoms with Crippen molar-refractivity contribution in [2.75, 3.05) is 0 Å². The first kappa shape index (κ1) is 14.2. The van der Waals surface area contributed by atoms with E-state index in [9.17, 15) is 5.11 Å². The standard InChI is InChI=1S/C9H11BrClNO.ClH/c1-5(13)9(12)7-4-6(11)2-3-8(7)10;/h2-5,9,13H,12H2,1H3;1H/t5-,9-;/m1./s1. The molecule has 0 aromatic heterocycles. The molecule has 0 saturated carbocycles. The highest BCUT2D eigenvalue weighted by Gasteiger charge is 2.14. The predicted molar refractivity (Wildman–Crippen MR) is 65.0 cm³/mol. The largest absolute Gasteiger partial charge is 0.391 e. The van der Waals surface area contributed by atoms with Crippen molar-refractivity contribution in [3.63, 3.8) is 0 Å². The molecule has 0 radical (unpaired) electrons. The van der Waals surface area contributed by atoms with Gasteiger partial charge in [-0.25, -0.2) is 0 Å². The van der Waals surface area contributed by atoms with Crippen molar-refractivity contribution >= 4 is 39.9 Å². The highest BCUT2D eigenvalue weighted by Crippen LogP contribution is 2.26. The minimum atomic E-state index is -0.588. The van der Waals surface area contributed by atoms with Crippen LogP contribution in [0, 0.1) is 0 Å². The molecular weight excluding hydrogens is 289 g/mol. The van der Waals surface area contributed by atoms with Crippen LogP contribution in [0.4, 0.5) is 0 Å². The van der Waals surface area contributed by atoms with E-state index in [0.29, 0.717) is 5.02 Å². The van der Waals surface area contributed by atoms with Gasteiger partial charge in [0.05, 0.1) is 12.1 Å². The zero-order chi connectivity index (χ0) is 10.0. The molecule has 0 aliphatic heterocycles. The molecule has 2 nitrogen and oxygen atoms in total. The second-order valence-corrected chi connectivity index (χ2v) is 4.22. The van der Waals surface area contributed by atoms with E-state index in [1.165, 1.54) is 0 Å². The third kappa shape index (κ3) is 3.41.